The second-order valence-corrected chi connectivity index (χ2v) is 6.37. The van der Waals surface area contributed by atoms with Gasteiger partial charge in [-0.3, -0.25) is 5.32 Å². The monoisotopic (exact) mass is 374 g/mol. The molecule has 0 fully saturated rings. The number of nitrogens with one attached hydrogen (secondary N) is 2. The molecule has 0 aliphatic carbocycles. The molecular weight excluding hydrogens is 360 g/mol. The van der Waals surface area contributed by atoms with Crippen molar-refractivity contribution in [3.63, 3.8) is 0 Å². The van der Waals surface area contributed by atoms with Crippen LogP contribution in [0.2, 0.25) is 5.02 Å². The lowest BCUT2D eigenvalue weighted by atomic mass is 10.2. The predicted octanol–water partition coefficient (Wildman–Crippen LogP) is 4.90. The van der Waals surface area contributed by atoms with Gasteiger partial charge in [0.25, 0.3) is 0 Å². The van der Waals surface area contributed by atoms with Gasteiger partial charge in [0.2, 0.25) is 5.13 Å². The summed E-state index contributed by atoms with van der Waals surface area (Å²) in [6.45, 7) is 2.55. The molecule has 1 heterocycles. The van der Waals surface area contributed by atoms with Gasteiger partial charge in [0.15, 0.2) is 0 Å². The molecule has 0 saturated heterocycles. The Kier molecular flexibility index (Phi) is 5.47. The van der Waals surface area contributed by atoms with Gasteiger partial charge in [0.05, 0.1) is 6.61 Å². The third-order valence-electron chi connectivity index (χ3n) is 3.14. The molecule has 2 amide bonds. The topological polar surface area (TPSA) is 76.1 Å². The number of hydrogen-bond acceptors (Lipinski definition) is 5. The third-order valence-corrected chi connectivity index (χ3v) is 4.26. The summed E-state index contributed by atoms with van der Waals surface area (Å²) < 4.78 is 5.41. The Balaban J connectivity index is 1.64. The Morgan fingerprint density at radius 3 is 2.68 bits per heavy atom. The van der Waals surface area contributed by atoms with E-state index in [1.165, 1.54) is 11.3 Å². The van der Waals surface area contributed by atoms with E-state index >= 15 is 0 Å². The van der Waals surface area contributed by atoms with E-state index in [4.69, 9.17) is 16.3 Å². The van der Waals surface area contributed by atoms with Crippen molar-refractivity contribution in [3.05, 3.63) is 53.6 Å². The van der Waals surface area contributed by atoms with Crippen molar-refractivity contribution in [2.75, 3.05) is 17.2 Å². The zero-order valence-corrected chi connectivity index (χ0v) is 14.9. The van der Waals surface area contributed by atoms with Crippen molar-refractivity contribution < 1.29 is 9.53 Å². The van der Waals surface area contributed by atoms with Crippen LogP contribution in [0.1, 0.15) is 6.92 Å². The first-order valence-corrected chi connectivity index (χ1v) is 8.74. The fourth-order valence-electron chi connectivity index (χ4n) is 2.08. The fraction of sp³-hybridized carbons (Fsp3) is 0.118. The Bertz CT molecular complexity index is 867. The highest BCUT2D eigenvalue weighted by atomic mass is 35.5. The number of anilines is 2. The normalized spacial score (nSPS) is 10.3. The number of carbonyl (C=O) groups excluding carboxylic acids is 1. The molecule has 0 bridgehead atoms. The van der Waals surface area contributed by atoms with Gasteiger partial charge >= 0.3 is 6.03 Å². The lowest BCUT2D eigenvalue weighted by molar-refractivity contribution is 0.262. The summed E-state index contributed by atoms with van der Waals surface area (Å²) in [6.07, 6.45) is 0. The molecule has 0 aliphatic heterocycles. The fourth-order valence-corrected chi connectivity index (χ4v) is 3.01. The highest BCUT2D eigenvalue weighted by Crippen LogP contribution is 2.28. The highest BCUT2D eigenvalue weighted by molar-refractivity contribution is 7.18. The minimum absolute atomic E-state index is 0.406. The predicted molar refractivity (Wildman–Crippen MR) is 101 cm³/mol. The van der Waals surface area contributed by atoms with E-state index in [2.05, 4.69) is 20.8 Å². The van der Waals surface area contributed by atoms with Gasteiger partial charge < -0.3 is 10.1 Å². The zero-order valence-electron chi connectivity index (χ0n) is 13.3. The second-order valence-electron chi connectivity index (χ2n) is 4.96. The van der Waals surface area contributed by atoms with Crippen molar-refractivity contribution in [3.8, 4) is 16.3 Å². The van der Waals surface area contributed by atoms with E-state index in [0.717, 1.165) is 11.3 Å². The van der Waals surface area contributed by atoms with Crippen molar-refractivity contribution in [1.82, 2.24) is 10.2 Å². The lowest BCUT2D eigenvalue weighted by Crippen LogP contribution is -2.19. The Labute approximate surface area is 153 Å². The van der Waals surface area contributed by atoms with Crippen LogP contribution >= 0.6 is 22.9 Å². The molecule has 128 valence electrons. The minimum atomic E-state index is -0.406. The highest BCUT2D eigenvalue weighted by Gasteiger charge is 2.10. The van der Waals surface area contributed by atoms with E-state index in [1.54, 1.807) is 24.3 Å². The first-order valence-electron chi connectivity index (χ1n) is 7.54. The Morgan fingerprint density at radius 1 is 1.16 bits per heavy atom. The van der Waals surface area contributed by atoms with Crippen molar-refractivity contribution in [2.45, 2.75) is 6.92 Å². The summed E-state index contributed by atoms with van der Waals surface area (Å²) in [5, 5.41) is 15.1. The SMILES string of the molecule is CCOc1ccc(-c2nnc(NC(=O)Nc3cccc(Cl)c3)s2)cc1. The summed E-state index contributed by atoms with van der Waals surface area (Å²) in [4.78, 5) is 12.0. The number of halogens is 1. The van der Waals surface area contributed by atoms with Gasteiger partial charge in [-0.15, -0.1) is 10.2 Å². The summed E-state index contributed by atoms with van der Waals surface area (Å²) in [7, 11) is 0. The maximum atomic E-state index is 12.0. The molecule has 0 radical (unpaired) electrons. The van der Waals surface area contributed by atoms with Crippen LogP contribution in [-0.2, 0) is 0 Å². The minimum Gasteiger partial charge on any atom is -0.494 e. The number of urea groups is 1. The van der Waals surface area contributed by atoms with Gasteiger partial charge in [-0.2, -0.15) is 0 Å². The molecule has 2 N–H and O–H groups in total. The number of rotatable bonds is 5. The third kappa shape index (κ3) is 4.68. The molecule has 0 unspecified atom stereocenters. The van der Waals surface area contributed by atoms with E-state index in [1.807, 2.05) is 31.2 Å². The Hall–Kier alpha value is -2.64. The molecule has 1 aromatic heterocycles. The number of aromatic nitrogens is 2. The Morgan fingerprint density at radius 2 is 1.96 bits per heavy atom. The number of hydrogen-bond donors (Lipinski definition) is 2. The summed E-state index contributed by atoms with van der Waals surface area (Å²) >= 11 is 7.18. The molecule has 0 spiro atoms. The summed E-state index contributed by atoms with van der Waals surface area (Å²) in [5.74, 6) is 0.801. The zero-order chi connectivity index (χ0) is 17.6. The van der Waals surface area contributed by atoms with E-state index in [9.17, 15) is 4.79 Å². The van der Waals surface area contributed by atoms with E-state index in [0.29, 0.717) is 27.5 Å². The van der Waals surface area contributed by atoms with Gasteiger partial charge in [-0.1, -0.05) is 29.0 Å². The summed E-state index contributed by atoms with van der Waals surface area (Å²) in [6, 6.07) is 14.0. The molecule has 3 rings (SSSR count). The quantitative estimate of drug-likeness (QED) is 0.665. The van der Waals surface area contributed by atoms with Gasteiger partial charge in [-0.05, 0) is 49.4 Å². The van der Waals surface area contributed by atoms with Crippen molar-refractivity contribution in [2.24, 2.45) is 0 Å². The second kappa shape index (κ2) is 7.96. The van der Waals surface area contributed by atoms with Crippen LogP contribution in [0.15, 0.2) is 48.5 Å². The van der Waals surface area contributed by atoms with Crippen LogP contribution in [0.4, 0.5) is 15.6 Å². The first kappa shape index (κ1) is 17.2. The molecule has 8 heteroatoms. The maximum Gasteiger partial charge on any atom is 0.325 e. The molecule has 0 saturated carbocycles. The standard InChI is InChI=1S/C17H15ClN4O2S/c1-2-24-14-8-6-11(7-9-14)15-21-22-17(25-15)20-16(23)19-13-5-3-4-12(18)10-13/h3-10H,2H2,1H3,(H2,19,20,22,23). The van der Waals surface area contributed by atoms with Crippen LogP contribution in [-0.4, -0.2) is 22.8 Å². The van der Waals surface area contributed by atoms with Gasteiger partial charge in [0.1, 0.15) is 10.8 Å². The molecule has 25 heavy (non-hydrogen) atoms. The van der Waals surface area contributed by atoms with Crippen molar-refractivity contribution >= 4 is 39.8 Å². The number of nitrogens with zero attached hydrogens (tertiary/aromatic N) is 2. The average molecular weight is 375 g/mol. The summed E-state index contributed by atoms with van der Waals surface area (Å²) in [5.41, 5.74) is 1.51. The van der Waals surface area contributed by atoms with Gasteiger partial charge in [-0.25, -0.2) is 4.79 Å². The van der Waals surface area contributed by atoms with Crippen LogP contribution in [0.5, 0.6) is 5.75 Å². The van der Waals surface area contributed by atoms with Crippen LogP contribution < -0.4 is 15.4 Å². The van der Waals surface area contributed by atoms with Crippen LogP contribution in [0.25, 0.3) is 10.6 Å². The van der Waals surface area contributed by atoms with Crippen LogP contribution in [0.3, 0.4) is 0 Å². The number of benzene rings is 2. The molecule has 0 aliphatic rings. The molecule has 3 aromatic rings. The molecule has 6 nitrogen and oxygen atoms in total. The molecular formula is C17H15ClN4O2S. The van der Waals surface area contributed by atoms with Crippen LogP contribution in [0, 0.1) is 0 Å². The van der Waals surface area contributed by atoms with E-state index < -0.39 is 6.03 Å². The average Bonchev–Trinajstić information content (AvgIpc) is 3.04. The van der Waals surface area contributed by atoms with E-state index in [-0.39, 0.29) is 0 Å². The number of ether oxygens (including phenoxy) is 1. The number of amides is 2. The van der Waals surface area contributed by atoms with Crippen molar-refractivity contribution in [1.29, 1.82) is 0 Å². The molecule has 0 atom stereocenters. The largest absolute Gasteiger partial charge is 0.494 e. The maximum absolute atomic E-state index is 12.0. The smallest absolute Gasteiger partial charge is 0.325 e. The molecule has 2 aromatic carbocycles. The van der Waals surface area contributed by atoms with Gasteiger partial charge in [0, 0.05) is 16.3 Å². The number of carbonyl (C=O) groups is 1. The first-order chi connectivity index (χ1) is 12.1. The lowest BCUT2D eigenvalue weighted by Gasteiger charge is -2.05.